The van der Waals surface area contributed by atoms with Gasteiger partial charge in [-0.05, 0) is 12.1 Å². The summed E-state index contributed by atoms with van der Waals surface area (Å²) in [5.74, 6) is 1.52. The summed E-state index contributed by atoms with van der Waals surface area (Å²) in [5.41, 5.74) is 4.93. The molecule has 1 aromatic carbocycles. The van der Waals surface area contributed by atoms with Crippen LogP contribution in [0.2, 0.25) is 0 Å². The first-order valence-electron chi connectivity index (χ1n) is 6.85. The number of hydrogen-bond donors (Lipinski definition) is 1. The Hall–Kier alpha value is -2.19. The molecule has 0 radical (unpaired) electrons. The fourth-order valence-electron chi connectivity index (χ4n) is 2.66. The average Bonchev–Trinajstić information content (AvgIpc) is 3.10. The maximum atomic E-state index is 4.71. The van der Waals surface area contributed by atoms with E-state index in [4.69, 9.17) is 4.99 Å². The molecule has 4 rings (SSSR count). The fraction of sp³-hybridized carbons (Fsp3) is 0.214. The Labute approximate surface area is 136 Å². The molecule has 1 unspecified atom stereocenters. The molecule has 0 saturated heterocycles. The molecule has 3 heterocycles. The van der Waals surface area contributed by atoms with Gasteiger partial charge in [0, 0.05) is 30.3 Å². The van der Waals surface area contributed by atoms with Crippen LogP contribution in [0, 0.1) is 0 Å². The third-order valence-corrected chi connectivity index (χ3v) is 4.19. The lowest BCUT2D eigenvalue weighted by molar-refractivity contribution is 0.0164. The van der Waals surface area contributed by atoms with Crippen molar-refractivity contribution in [2.45, 2.75) is 6.17 Å². The zero-order chi connectivity index (χ0) is 15.3. The standard InChI is InChI=1S/C14H14BrN7/c1-16-21-8-11-14(22-12(21)7-17-20(22)2)19-13(18-11)9-4-3-5-10(15)6-9/h3-8,12,16H,1-2H3. The lowest BCUT2D eigenvalue weighted by Crippen LogP contribution is -2.57. The maximum Gasteiger partial charge on any atom is 0.181 e. The van der Waals surface area contributed by atoms with Crippen molar-refractivity contribution in [3.63, 3.8) is 0 Å². The minimum atomic E-state index is -0.0328. The highest BCUT2D eigenvalue weighted by Crippen LogP contribution is 2.28. The molecule has 3 aliphatic heterocycles. The van der Waals surface area contributed by atoms with Gasteiger partial charge in [-0.15, -0.1) is 0 Å². The van der Waals surface area contributed by atoms with Gasteiger partial charge in [-0.25, -0.2) is 25.5 Å². The van der Waals surface area contributed by atoms with Crippen LogP contribution in [0.15, 0.2) is 55.7 Å². The van der Waals surface area contributed by atoms with Crippen LogP contribution in [0.5, 0.6) is 0 Å². The number of aliphatic imine (C=N–C) groups is 2. The van der Waals surface area contributed by atoms with Gasteiger partial charge in [-0.3, -0.25) is 5.01 Å². The molecule has 1 aromatic rings. The van der Waals surface area contributed by atoms with Crippen molar-refractivity contribution in [3.05, 3.63) is 46.2 Å². The number of hydrazone groups is 1. The first-order valence-corrected chi connectivity index (χ1v) is 7.65. The summed E-state index contributed by atoms with van der Waals surface area (Å²) in [6.45, 7) is 0. The summed E-state index contributed by atoms with van der Waals surface area (Å²) in [6, 6.07) is 7.98. The van der Waals surface area contributed by atoms with Crippen molar-refractivity contribution >= 4 is 33.8 Å². The lowest BCUT2D eigenvalue weighted by Gasteiger charge is -2.39. The van der Waals surface area contributed by atoms with E-state index in [9.17, 15) is 0 Å². The monoisotopic (exact) mass is 359 g/mol. The highest BCUT2D eigenvalue weighted by molar-refractivity contribution is 9.10. The largest absolute Gasteiger partial charge is 0.284 e. The van der Waals surface area contributed by atoms with Crippen LogP contribution >= 0.6 is 15.9 Å². The molecule has 8 heteroatoms. The maximum absolute atomic E-state index is 4.71. The van der Waals surface area contributed by atoms with Gasteiger partial charge in [0.25, 0.3) is 0 Å². The number of nitrogens with zero attached hydrogens (tertiary/aromatic N) is 6. The Morgan fingerprint density at radius 1 is 1.27 bits per heavy atom. The van der Waals surface area contributed by atoms with Gasteiger partial charge in [0.2, 0.25) is 0 Å². The van der Waals surface area contributed by atoms with E-state index in [-0.39, 0.29) is 6.17 Å². The van der Waals surface area contributed by atoms with Gasteiger partial charge < -0.3 is 0 Å². The number of hydrogen-bond acceptors (Lipinski definition) is 7. The Morgan fingerprint density at radius 3 is 2.91 bits per heavy atom. The van der Waals surface area contributed by atoms with E-state index < -0.39 is 0 Å². The summed E-state index contributed by atoms with van der Waals surface area (Å²) in [4.78, 5) is 9.37. The third kappa shape index (κ3) is 1.95. The number of benzene rings is 1. The van der Waals surface area contributed by atoms with Crippen molar-refractivity contribution in [2.75, 3.05) is 14.1 Å². The zero-order valence-electron chi connectivity index (χ0n) is 12.1. The van der Waals surface area contributed by atoms with Crippen LogP contribution in [0.3, 0.4) is 0 Å². The smallest absolute Gasteiger partial charge is 0.181 e. The second-order valence-corrected chi connectivity index (χ2v) is 5.95. The van der Waals surface area contributed by atoms with E-state index in [2.05, 4.69) is 31.4 Å². The van der Waals surface area contributed by atoms with Gasteiger partial charge in [0.15, 0.2) is 17.8 Å². The molecule has 0 spiro atoms. The van der Waals surface area contributed by atoms with Crippen molar-refractivity contribution < 1.29 is 0 Å². The number of halogens is 1. The SMILES string of the molecule is CNN1C=C2N=C(c3cccc(Br)c3)N=C2N2C1C=NN2C. The quantitative estimate of drug-likeness (QED) is 0.866. The van der Waals surface area contributed by atoms with Crippen LogP contribution in [0.25, 0.3) is 0 Å². The molecule has 112 valence electrons. The second kappa shape index (κ2) is 4.92. The molecule has 0 aliphatic carbocycles. The minimum Gasteiger partial charge on any atom is -0.284 e. The highest BCUT2D eigenvalue weighted by Gasteiger charge is 2.40. The molecular formula is C14H14BrN7. The Bertz CT molecular complexity index is 751. The molecule has 0 bridgehead atoms. The van der Waals surface area contributed by atoms with Gasteiger partial charge in [-0.1, -0.05) is 28.1 Å². The molecule has 0 fully saturated rings. The first-order chi connectivity index (χ1) is 10.7. The average molecular weight is 360 g/mol. The van der Waals surface area contributed by atoms with Crippen LogP contribution in [0.4, 0.5) is 0 Å². The summed E-state index contributed by atoms with van der Waals surface area (Å²) < 4.78 is 1.01. The Morgan fingerprint density at radius 2 is 2.14 bits per heavy atom. The van der Waals surface area contributed by atoms with E-state index >= 15 is 0 Å². The number of nitrogens with one attached hydrogen (secondary N) is 1. The van der Waals surface area contributed by atoms with Crippen LogP contribution < -0.4 is 5.43 Å². The van der Waals surface area contributed by atoms with E-state index in [1.54, 1.807) is 5.12 Å². The molecule has 0 saturated carbocycles. The lowest BCUT2D eigenvalue weighted by atomic mass is 10.2. The second-order valence-electron chi connectivity index (χ2n) is 5.04. The zero-order valence-corrected chi connectivity index (χ0v) is 13.7. The first kappa shape index (κ1) is 13.5. The predicted molar refractivity (Wildman–Crippen MR) is 89.0 cm³/mol. The van der Waals surface area contributed by atoms with Crippen molar-refractivity contribution in [2.24, 2.45) is 15.1 Å². The normalized spacial score (nSPS) is 22.4. The van der Waals surface area contributed by atoms with E-state index in [1.807, 2.05) is 60.8 Å². The molecule has 1 N–H and O–H groups in total. The minimum absolute atomic E-state index is 0.0328. The van der Waals surface area contributed by atoms with E-state index in [0.717, 1.165) is 21.6 Å². The molecule has 22 heavy (non-hydrogen) atoms. The Kier molecular flexibility index (Phi) is 3.02. The summed E-state index contributed by atoms with van der Waals surface area (Å²) >= 11 is 3.49. The van der Waals surface area contributed by atoms with Crippen molar-refractivity contribution in [3.8, 4) is 0 Å². The number of rotatable bonds is 2. The van der Waals surface area contributed by atoms with Crippen molar-refractivity contribution in [1.29, 1.82) is 0 Å². The molecule has 7 nitrogen and oxygen atoms in total. The summed E-state index contributed by atoms with van der Waals surface area (Å²) in [6.07, 6.45) is 3.79. The molecule has 0 amide bonds. The van der Waals surface area contributed by atoms with Gasteiger partial charge in [-0.2, -0.15) is 5.10 Å². The molecule has 3 aliphatic rings. The van der Waals surface area contributed by atoms with Gasteiger partial charge in [0.1, 0.15) is 5.70 Å². The Balaban J connectivity index is 1.77. The van der Waals surface area contributed by atoms with Gasteiger partial charge >= 0.3 is 0 Å². The summed E-state index contributed by atoms with van der Waals surface area (Å²) in [5, 5.41) is 10.1. The molecule has 1 atom stereocenters. The fourth-order valence-corrected chi connectivity index (χ4v) is 3.06. The van der Waals surface area contributed by atoms with Crippen molar-refractivity contribution in [1.82, 2.24) is 20.6 Å². The van der Waals surface area contributed by atoms with E-state index in [1.165, 1.54) is 0 Å². The number of amidine groups is 2. The third-order valence-electron chi connectivity index (χ3n) is 3.70. The van der Waals surface area contributed by atoms with E-state index in [0.29, 0.717) is 5.84 Å². The molecule has 0 aromatic heterocycles. The summed E-state index contributed by atoms with van der Waals surface area (Å²) in [7, 11) is 3.77. The number of fused-ring (bicyclic) bond motifs is 3. The highest BCUT2D eigenvalue weighted by atomic mass is 79.9. The predicted octanol–water partition coefficient (Wildman–Crippen LogP) is 1.37. The van der Waals surface area contributed by atoms with Gasteiger partial charge in [0.05, 0.1) is 6.21 Å². The molecular weight excluding hydrogens is 346 g/mol. The topological polar surface area (TPSA) is 58.8 Å². The van der Waals surface area contributed by atoms with Crippen LogP contribution in [-0.2, 0) is 0 Å². The number of hydrazine groups is 2. The van der Waals surface area contributed by atoms with Crippen LogP contribution in [0.1, 0.15) is 5.56 Å². The van der Waals surface area contributed by atoms with Crippen LogP contribution in [-0.4, -0.2) is 53.3 Å².